The molecule has 1 fully saturated rings. The highest BCUT2D eigenvalue weighted by Gasteiger charge is 2.25. The summed E-state index contributed by atoms with van der Waals surface area (Å²) in [4.78, 5) is 13.2. The number of piperidine rings is 1. The Morgan fingerprint density at radius 2 is 2.27 bits per heavy atom. The molecule has 0 saturated carbocycles. The number of para-hydroxylation sites is 1. The Morgan fingerprint density at radius 1 is 1.53 bits per heavy atom. The number of nitrogens with zero attached hydrogens (tertiary/aromatic N) is 1. The van der Waals surface area contributed by atoms with E-state index in [4.69, 9.17) is 6.85 Å². The smallest absolute Gasteiger partial charge is 0.226 e. The second kappa shape index (κ2) is 4.45. The third-order valence-electron chi connectivity index (χ3n) is 2.20. The van der Waals surface area contributed by atoms with Crippen molar-refractivity contribution in [3.05, 3.63) is 30.3 Å². The number of carbonyl (C=O) groups is 1. The highest BCUT2D eigenvalue weighted by molar-refractivity contribution is 5.94. The topological polar surface area (TPSA) is 40.5 Å². The third kappa shape index (κ3) is 2.18. The molecule has 1 aromatic carbocycles. The summed E-state index contributed by atoms with van der Waals surface area (Å²) >= 11 is 0. The molecule has 2 rings (SSSR count). The molecule has 1 atom stereocenters. The van der Waals surface area contributed by atoms with Crippen LogP contribution in [0.5, 0.6) is 0 Å². The van der Waals surface area contributed by atoms with Crippen LogP contribution < -0.4 is 4.90 Å². The summed E-state index contributed by atoms with van der Waals surface area (Å²) in [7, 11) is 0. The highest BCUT2D eigenvalue weighted by atomic mass is 16.3. The number of aliphatic hydroxyl groups is 1. The maximum absolute atomic E-state index is 12.2. The normalized spacial score (nSPS) is 38.3. The summed E-state index contributed by atoms with van der Waals surface area (Å²) in [6.07, 6.45) is -5.66. The number of benzene rings is 1. The van der Waals surface area contributed by atoms with E-state index in [0.717, 1.165) is 4.90 Å². The second-order valence-electron chi connectivity index (χ2n) is 3.24. The van der Waals surface area contributed by atoms with E-state index in [1.165, 1.54) is 0 Å². The molecule has 1 N–H and O–H groups in total. The van der Waals surface area contributed by atoms with Gasteiger partial charge in [0, 0.05) is 38.0 Å². The van der Waals surface area contributed by atoms with E-state index in [1.807, 2.05) is 0 Å². The fourth-order valence-corrected chi connectivity index (χ4v) is 1.42. The number of hydrogen-bond donors (Lipinski definition) is 1. The number of anilines is 1. The number of carbonyl (C=O) groups excluding carboxylic acids is 1. The summed E-state index contributed by atoms with van der Waals surface area (Å²) < 4.78 is 39.0. The first-order valence-electron chi connectivity index (χ1n) is 7.15. The van der Waals surface area contributed by atoms with E-state index in [9.17, 15) is 9.90 Å². The molecular formula is C12H15NO2. The molecule has 80 valence electrons. The van der Waals surface area contributed by atoms with Gasteiger partial charge in [-0.05, 0) is 18.5 Å². The Morgan fingerprint density at radius 3 is 2.93 bits per heavy atom. The zero-order valence-corrected chi connectivity index (χ0v) is 8.10. The molecule has 0 radical (unpaired) electrons. The van der Waals surface area contributed by atoms with Crippen LogP contribution in [0.2, 0.25) is 0 Å². The fourth-order valence-electron chi connectivity index (χ4n) is 1.42. The minimum absolute atomic E-state index is 0.377. The van der Waals surface area contributed by atoms with Crippen molar-refractivity contribution in [2.45, 2.75) is 12.7 Å². The van der Waals surface area contributed by atoms with Gasteiger partial charge < -0.3 is 10.0 Å². The van der Waals surface area contributed by atoms with Crippen LogP contribution >= 0.6 is 0 Å². The van der Waals surface area contributed by atoms with Gasteiger partial charge >= 0.3 is 0 Å². The molecule has 1 aliphatic heterocycles. The molecule has 1 saturated heterocycles. The minimum Gasteiger partial charge on any atom is -0.396 e. The van der Waals surface area contributed by atoms with Crippen LogP contribution in [0.3, 0.4) is 0 Å². The molecule has 0 bridgehead atoms. The highest BCUT2D eigenvalue weighted by Crippen LogP contribution is 2.23. The van der Waals surface area contributed by atoms with E-state index < -0.39 is 37.7 Å². The molecular weight excluding hydrogens is 190 g/mol. The van der Waals surface area contributed by atoms with E-state index in [2.05, 4.69) is 0 Å². The predicted molar refractivity (Wildman–Crippen MR) is 58.6 cm³/mol. The van der Waals surface area contributed by atoms with Crippen molar-refractivity contribution in [3.63, 3.8) is 0 Å². The first-order valence-corrected chi connectivity index (χ1v) is 4.65. The Hall–Kier alpha value is -1.35. The number of amides is 1. The summed E-state index contributed by atoms with van der Waals surface area (Å²) in [5, 5.41) is 9.34. The van der Waals surface area contributed by atoms with Crippen molar-refractivity contribution < 1.29 is 16.8 Å². The molecule has 0 aromatic heterocycles. The summed E-state index contributed by atoms with van der Waals surface area (Å²) in [6.45, 7) is -1.28. The van der Waals surface area contributed by atoms with Crippen molar-refractivity contribution >= 4 is 11.6 Å². The van der Waals surface area contributed by atoms with Gasteiger partial charge in [-0.25, -0.2) is 0 Å². The third-order valence-corrected chi connectivity index (χ3v) is 2.20. The zero-order valence-electron chi connectivity index (χ0n) is 13.1. The van der Waals surface area contributed by atoms with Gasteiger partial charge in [0.2, 0.25) is 5.91 Å². The molecule has 3 heteroatoms. The van der Waals surface area contributed by atoms with Gasteiger partial charge in [0.05, 0.1) is 0 Å². The van der Waals surface area contributed by atoms with Gasteiger partial charge in [0.25, 0.3) is 0 Å². The average molecular weight is 210 g/mol. The predicted octanol–water partition coefficient (Wildman–Crippen LogP) is 1.42. The van der Waals surface area contributed by atoms with E-state index in [1.54, 1.807) is 30.3 Å². The van der Waals surface area contributed by atoms with Crippen molar-refractivity contribution in [1.82, 2.24) is 0 Å². The molecule has 1 unspecified atom stereocenters. The van der Waals surface area contributed by atoms with Crippen molar-refractivity contribution in [2.75, 3.05) is 18.1 Å². The van der Waals surface area contributed by atoms with Gasteiger partial charge in [0.15, 0.2) is 0 Å². The molecule has 1 heterocycles. The Kier molecular flexibility index (Phi) is 1.68. The van der Waals surface area contributed by atoms with Crippen molar-refractivity contribution in [2.24, 2.45) is 5.89 Å². The summed E-state index contributed by atoms with van der Waals surface area (Å²) in [5.74, 6) is -3.16. The zero-order chi connectivity index (χ0) is 15.2. The van der Waals surface area contributed by atoms with Crippen LogP contribution in [0.1, 0.15) is 19.6 Å². The molecule has 1 amide bonds. The lowest BCUT2D eigenvalue weighted by Crippen LogP contribution is -2.41. The van der Waals surface area contributed by atoms with Crippen LogP contribution in [-0.2, 0) is 4.79 Å². The van der Waals surface area contributed by atoms with Crippen molar-refractivity contribution in [3.8, 4) is 0 Å². The summed E-state index contributed by atoms with van der Waals surface area (Å²) in [5.41, 5.74) is 0.377. The lowest BCUT2D eigenvalue weighted by Gasteiger charge is -2.31. The number of aliphatic hydroxyl groups excluding tert-OH is 1. The lowest BCUT2D eigenvalue weighted by atomic mass is 9.98. The van der Waals surface area contributed by atoms with Gasteiger partial charge in [-0.2, -0.15) is 0 Å². The monoisotopic (exact) mass is 210 g/mol. The largest absolute Gasteiger partial charge is 0.396 e. The second-order valence-corrected chi connectivity index (χ2v) is 3.24. The Balaban J connectivity index is 2.52. The fraction of sp³-hybridized carbons (Fsp3) is 0.417. The Bertz CT molecular complexity index is 522. The quantitative estimate of drug-likeness (QED) is 0.802. The average Bonchev–Trinajstić information content (AvgIpc) is 2.43. The summed E-state index contributed by atoms with van der Waals surface area (Å²) in [6, 6.07) is 8.20. The van der Waals surface area contributed by atoms with Crippen LogP contribution in [0.4, 0.5) is 5.69 Å². The van der Waals surface area contributed by atoms with Crippen LogP contribution in [-0.4, -0.2) is 24.2 Å². The number of rotatable bonds is 2. The SMILES string of the molecule is [2H]C1(CO)CN(c2ccccc2)C(=O)C([2H])([2H])C1([2H])[2H]. The van der Waals surface area contributed by atoms with Gasteiger partial charge in [-0.3, -0.25) is 4.79 Å². The molecule has 1 aliphatic rings. The van der Waals surface area contributed by atoms with Gasteiger partial charge in [-0.15, -0.1) is 0 Å². The standard InChI is InChI=1S/C12H15NO2/c14-9-10-6-7-12(15)13(8-10)11-4-2-1-3-5-11/h1-5,10,14H,6-9H2/i6D2,7D2,10D. The first kappa shape index (κ1) is 5.66. The van der Waals surface area contributed by atoms with E-state index >= 15 is 0 Å². The van der Waals surface area contributed by atoms with Gasteiger partial charge in [0.1, 0.15) is 0 Å². The van der Waals surface area contributed by atoms with E-state index in [-0.39, 0.29) is 0 Å². The molecule has 15 heavy (non-hydrogen) atoms. The molecule has 1 aromatic rings. The van der Waals surface area contributed by atoms with Crippen LogP contribution in [0.25, 0.3) is 0 Å². The van der Waals surface area contributed by atoms with Gasteiger partial charge in [-0.1, -0.05) is 18.2 Å². The molecule has 3 nitrogen and oxygen atoms in total. The Labute approximate surface area is 96.4 Å². The molecule has 0 spiro atoms. The maximum atomic E-state index is 12.2. The molecule has 0 aliphatic carbocycles. The minimum atomic E-state index is -2.88. The van der Waals surface area contributed by atoms with E-state index in [0.29, 0.717) is 5.69 Å². The lowest BCUT2D eigenvalue weighted by molar-refractivity contribution is -0.120. The number of hydrogen-bond acceptors (Lipinski definition) is 2. The van der Waals surface area contributed by atoms with Crippen LogP contribution in [0.15, 0.2) is 30.3 Å². The van der Waals surface area contributed by atoms with Crippen molar-refractivity contribution in [1.29, 1.82) is 0 Å². The first-order chi connectivity index (χ1) is 9.17. The van der Waals surface area contributed by atoms with Crippen LogP contribution in [0, 0.1) is 5.89 Å². The maximum Gasteiger partial charge on any atom is 0.226 e.